The summed E-state index contributed by atoms with van der Waals surface area (Å²) in [5.41, 5.74) is 0.0370. The lowest BCUT2D eigenvalue weighted by molar-refractivity contribution is -0.137. The van der Waals surface area contributed by atoms with Gasteiger partial charge in [0.1, 0.15) is 5.69 Å². The second-order valence-corrected chi connectivity index (χ2v) is 7.07. The Morgan fingerprint density at radius 2 is 2.00 bits per heavy atom. The number of carbonyl (C=O) groups is 1. The van der Waals surface area contributed by atoms with Crippen LogP contribution in [-0.4, -0.2) is 30.5 Å². The molecule has 4 rings (SSSR count). The normalized spacial score (nSPS) is 13.0. The Morgan fingerprint density at radius 3 is 2.62 bits per heavy atom. The molecule has 1 amide bonds. The van der Waals surface area contributed by atoms with Crippen LogP contribution in [0.3, 0.4) is 0 Å². The minimum Gasteiger partial charge on any atom is -0.341 e. The molecule has 0 saturated heterocycles. The SMILES string of the molecule is C[C@H](NC(=O)c1csc2nc(-c3ccc(C(F)(F)F)cc3)cn12)c1n[nH]c(=O)[nH]1. The van der Waals surface area contributed by atoms with Gasteiger partial charge in [0, 0.05) is 17.1 Å². The first-order chi connectivity index (χ1) is 13.7. The van der Waals surface area contributed by atoms with Crippen molar-refractivity contribution in [3.8, 4) is 11.3 Å². The molecule has 0 unspecified atom stereocenters. The number of rotatable bonds is 4. The first-order valence-corrected chi connectivity index (χ1v) is 9.20. The number of nitrogens with zero attached hydrogens (tertiary/aromatic N) is 3. The molecule has 3 N–H and O–H groups in total. The molecule has 0 aliphatic rings. The molecular formula is C17H13F3N6O2S. The van der Waals surface area contributed by atoms with Gasteiger partial charge >= 0.3 is 11.9 Å². The maximum Gasteiger partial charge on any atom is 0.416 e. The predicted octanol–water partition coefficient (Wildman–Crippen LogP) is 2.98. The number of imidazole rings is 1. The molecule has 3 aromatic heterocycles. The Labute approximate surface area is 164 Å². The number of hydrogen-bond donors (Lipinski definition) is 3. The summed E-state index contributed by atoms with van der Waals surface area (Å²) in [7, 11) is 0. The van der Waals surface area contributed by atoms with Crippen LogP contribution in [0.5, 0.6) is 0 Å². The second kappa shape index (κ2) is 6.88. The maximum absolute atomic E-state index is 12.7. The van der Waals surface area contributed by atoms with Crippen LogP contribution in [0.4, 0.5) is 13.2 Å². The molecule has 0 bridgehead atoms. The number of benzene rings is 1. The van der Waals surface area contributed by atoms with Crippen LogP contribution >= 0.6 is 11.3 Å². The fourth-order valence-electron chi connectivity index (χ4n) is 2.74. The molecule has 12 heteroatoms. The molecule has 0 saturated carbocycles. The summed E-state index contributed by atoms with van der Waals surface area (Å²) in [6.45, 7) is 1.66. The van der Waals surface area contributed by atoms with Crippen molar-refractivity contribution in [2.45, 2.75) is 19.1 Å². The molecule has 8 nitrogen and oxygen atoms in total. The van der Waals surface area contributed by atoms with E-state index in [0.717, 1.165) is 12.1 Å². The smallest absolute Gasteiger partial charge is 0.341 e. The number of thiazole rings is 1. The van der Waals surface area contributed by atoms with E-state index < -0.39 is 29.4 Å². The molecule has 1 atom stereocenters. The van der Waals surface area contributed by atoms with E-state index in [-0.39, 0.29) is 5.82 Å². The molecule has 150 valence electrons. The standard InChI is InChI=1S/C17H13F3N6O2S/c1-8(13-23-15(28)25-24-13)21-14(27)12-7-29-16-22-11(6-26(12)16)9-2-4-10(5-3-9)17(18,19)20/h2-8H,1H3,(H,21,27)(H2,23,24,25,28)/t8-/m0/s1. The fraction of sp³-hybridized carbons (Fsp3) is 0.176. The summed E-state index contributed by atoms with van der Waals surface area (Å²) in [6, 6.07) is 4.11. The molecule has 29 heavy (non-hydrogen) atoms. The minimum absolute atomic E-state index is 0.283. The number of aromatic nitrogens is 5. The lowest BCUT2D eigenvalue weighted by Gasteiger charge is -2.10. The van der Waals surface area contributed by atoms with Gasteiger partial charge in [0.15, 0.2) is 10.8 Å². The highest BCUT2D eigenvalue weighted by Gasteiger charge is 2.30. The molecular weight excluding hydrogens is 409 g/mol. The first-order valence-electron chi connectivity index (χ1n) is 8.32. The van der Waals surface area contributed by atoms with Gasteiger partial charge in [0.05, 0.1) is 17.3 Å². The van der Waals surface area contributed by atoms with Gasteiger partial charge in [0.25, 0.3) is 5.91 Å². The van der Waals surface area contributed by atoms with Crippen molar-refractivity contribution in [3.63, 3.8) is 0 Å². The van der Waals surface area contributed by atoms with Crippen molar-refractivity contribution in [2.75, 3.05) is 0 Å². The molecule has 0 aliphatic carbocycles. The quantitative estimate of drug-likeness (QED) is 0.470. The highest BCUT2D eigenvalue weighted by atomic mass is 32.1. The number of halogens is 3. The van der Waals surface area contributed by atoms with Gasteiger partial charge in [0.2, 0.25) is 0 Å². The third-order valence-electron chi connectivity index (χ3n) is 4.23. The number of H-pyrrole nitrogens is 2. The highest BCUT2D eigenvalue weighted by Crippen LogP contribution is 2.31. The summed E-state index contributed by atoms with van der Waals surface area (Å²) in [5, 5.41) is 10.3. The highest BCUT2D eigenvalue weighted by molar-refractivity contribution is 7.15. The molecule has 0 radical (unpaired) electrons. The maximum atomic E-state index is 12.7. The van der Waals surface area contributed by atoms with Crippen LogP contribution in [0.15, 0.2) is 40.6 Å². The average molecular weight is 422 g/mol. The zero-order valence-electron chi connectivity index (χ0n) is 14.7. The van der Waals surface area contributed by atoms with E-state index in [0.29, 0.717) is 21.9 Å². The number of nitrogens with one attached hydrogen (secondary N) is 3. The van der Waals surface area contributed by atoms with E-state index in [4.69, 9.17) is 0 Å². The van der Waals surface area contributed by atoms with E-state index >= 15 is 0 Å². The van der Waals surface area contributed by atoms with Crippen LogP contribution < -0.4 is 11.0 Å². The second-order valence-electron chi connectivity index (χ2n) is 6.23. The van der Waals surface area contributed by atoms with Gasteiger partial charge in [-0.15, -0.1) is 11.3 Å². The van der Waals surface area contributed by atoms with Crippen molar-refractivity contribution in [1.29, 1.82) is 0 Å². The van der Waals surface area contributed by atoms with Crippen molar-refractivity contribution in [1.82, 2.24) is 29.9 Å². The number of hydrogen-bond acceptors (Lipinski definition) is 5. The Bertz CT molecular complexity index is 1230. The van der Waals surface area contributed by atoms with Gasteiger partial charge in [-0.05, 0) is 19.1 Å². The average Bonchev–Trinajstić information content (AvgIpc) is 3.36. The number of carbonyl (C=O) groups excluding carboxylic acids is 1. The van der Waals surface area contributed by atoms with Crippen molar-refractivity contribution in [2.24, 2.45) is 0 Å². The Balaban J connectivity index is 1.58. The van der Waals surface area contributed by atoms with Crippen molar-refractivity contribution in [3.05, 3.63) is 63.4 Å². The summed E-state index contributed by atoms with van der Waals surface area (Å²) >= 11 is 1.22. The van der Waals surface area contributed by atoms with Crippen LogP contribution in [0.2, 0.25) is 0 Å². The van der Waals surface area contributed by atoms with Crippen LogP contribution in [0.25, 0.3) is 16.2 Å². The van der Waals surface area contributed by atoms with E-state index in [1.807, 2.05) is 0 Å². The van der Waals surface area contributed by atoms with Gasteiger partial charge in [-0.3, -0.25) is 14.2 Å². The number of fused-ring (bicyclic) bond motifs is 1. The predicted molar refractivity (Wildman–Crippen MR) is 98.6 cm³/mol. The zero-order chi connectivity index (χ0) is 20.8. The molecule has 0 aliphatic heterocycles. The van der Waals surface area contributed by atoms with Crippen LogP contribution in [0, 0.1) is 0 Å². The van der Waals surface area contributed by atoms with Crippen LogP contribution in [0.1, 0.15) is 34.8 Å². The van der Waals surface area contributed by atoms with Crippen molar-refractivity contribution >= 4 is 22.2 Å². The summed E-state index contributed by atoms with van der Waals surface area (Å²) in [5.74, 6) is -0.130. The molecule has 4 aromatic rings. The third kappa shape index (κ3) is 3.66. The van der Waals surface area contributed by atoms with Crippen LogP contribution in [-0.2, 0) is 6.18 Å². The molecule has 0 fully saturated rings. The summed E-state index contributed by atoms with van der Waals surface area (Å²) < 4.78 is 39.7. The lowest BCUT2D eigenvalue weighted by atomic mass is 10.1. The number of aromatic amines is 2. The first kappa shape index (κ1) is 18.9. The summed E-state index contributed by atoms with van der Waals surface area (Å²) in [4.78, 5) is 31.1. The summed E-state index contributed by atoms with van der Waals surface area (Å²) in [6.07, 6.45) is -2.82. The monoisotopic (exact) mass is 422 g/mol. The van der Waals surface area contributed by atoms with Gasteiger partial charge in [-0.25, -0.2) is 14.9 Å². The van der Waals surface area contributed by atoms with Gasteiger partial charge in [-0.1, -0.05) is 12.1 Å². The Hall–Kier alpha value is -3.41. The molecule has 0 spiro atoms. The zero-order valence-corrected chi connectivity index (χ0v) is 15.6. The number of amides is 1. The topological polar surface area (TPSA) is 108 Å². The lowest BCUT2D eigenvalue weighted by Crippen LogP contribution is -2.28. The third-order valence-corrected chi connectivity index (χ3v) is 5.07. The Morgan fingerprint density at radius 1 is 1.28 bits per heavy atom. The van der Waals surface area contributed by atoms with E-state index in [1.54, 1.807) is 22.9 Å². The number of alkyl halides is 3. The van der Waals surface area contributed by atoms with E-state index in [9.17, 15) is 22.8 Å². The van der Waals surface area contributed by atoms with Gasteiger partial charge < -0.3 is 5.32 Å². The fourth-order valence-corrected chi connectivity index (χ4v) is 3.60. The Kier molecular flexibility index (Phi) is 4.49. The molecule has 1 aromatic carbocycles. The van der Waals surface area contributed by atoms with Gasteiger partial charge in [-0.2, -0.15) is 18.3 Å². The largest absolute Gasteiger partial charge is 0.416 e. The molecule has 3 heterocycles. The van der Waals surface area contributed by atoms with E-state index in [1.165, 1.54) is 23.5 Å². The minimum atomic E-state index is -4.41. The van der Waals surface area contributed by atoms with Crippen molar-refractivity contribution < 1.29 is 18.0 Å². The van der Waals surface area contributed by atoms with E-state index in [2.05, 4.69) is 25.5 Å².